The van der Waals surface area contributed by atoms with Crippen LogP contribution in [0.5, 0.6) is 0 Å². The van der Waals surface area contributed by atoms with Gasteiger partial charge in [0.15, 0.2) is 0 Å². The Bertz CT molecular complexity index is 362. The second kappa shape index (κ2) is 6.87. The highest BCUT2D eigenvalue weighted by Gasteiger charge is 2.24. The molecule has 0 bridgehead atoms. The van der Waals surface area contributed by atoms with E-state index in [9.17, 15) is 4.79 Å². The Labute approximate surface area is 112 Å². The molecule has 0 aromatic carbocycles. The summed E-state index contributed by atoms with van der Waals surface area (Å²) in [6.07, 6.45) is 0.931. The first kappa shape index (κ1) is 13.5. The lowest BCUT2D eigenvalue weighted by molar-refractivity contribution is -0.123. The van der Waals surface area contributed by atoms with Crippen molar-refractivity contribution in [3.05, 3.63) is 22.4 Å². The van der Waals surface area contributed by atoms with Crippen LogP contribution >= 0.6 is 11.3 Å². The minimum atomic E-state index is 0.139. The fraction of sp³-hybridized carbons (Fsp3) is 0.615. The van der Waals surface area contributed by atoms with E-state index in [1.807, 2.05) is 6.07 Å². The van der Waals surface area contributed by atoms with Crippen molar-refractivity contribution in [2.45, 2.75) is 19.4 Å². The predicted molar refractivity (Wildman–Crippen MR) is 74.9 cm³/mol. The third-order valence-corrected chi connectivity index (χ3v) is 4.24. The van der Waals surface area contributed by atoms with Crippen LogP contribution in [0.15, 0.2) is 17.5 Å². The van der Waals surface area contributed by atoms with E-state index in [2.05, 4.69) is 33.9 Å². The summed E-state index contributed by atoms with van der Waals surface area (Å²) >= 11 is 1.74. The topological polar surface area (TPSA) is 44.4 Å². The molecular weight excluding hydrogens is 246 g/mol. The van der Waals surface area contributed by atoms with Crippen molar-refractivity contribution in [2.24, 2.45) is 0 Å². The lowest BCUT2D eigenvalue weighted by Crippen LogP contribution is -2.58. The zero-order valence-electron chi connectivity index (χ0n) is 10.8. The van der Waals surface area contributed by atoms with Crippen LogP contribution in [0.25, 0.3) is 0 Å². The number of likely N-dealkylation sites (N-methyl/N-ethyl adjacent to an activating group) is 1. The second-order valence-corrected chi connectivity index (χ2v) is 5.59. The van der Waals surface area contributed by atoms with Gasteiger partial charge in [0.2, 0.25) is 5.91 Å². The van der Waals surface area contributed by atoms with Gasteiger partial charge in [0.05, 0.1) is 6.54 Å². The number of rotatable bonds is 7. The van der Waals surface area contributed by atoms with E-state index in [1.165, 1.54) is 4.88 Å². The lowest BCUT2D eigenvalue weighted by Gasteiger charge is -2.37. The molecule has 18 heavy (non-hydrogen) atoms. The first-order chi connectivity index (χ1) is 8.79. The molecule has 1 aliphatic heterocycles. The van der Waals surface area contributed by atoms with E-state index in [0.717, 1.165) is 32.6 Å². The van der Waals surface area contributed by atoms with Gasteiger partial charge in [0.25, 0.3) is 0 Å². The number of nitrogens with zero attached hydrogens (tertiary/aromatic N) is 1. The molecule has 0 aliphatic carbocycles. The predicted octanol–water partition coefficient (Wildman–Crippen LogP) is 0.700. The Morgan fingerprint density at radius 3 is 3.00 bits per heavy atom. The molecule has 2 rings (SSSR count). The van der Waals surface area contributed by atoms with Crippen LogP contribution in [-0.2, 0) is 11.2 Å². The van der Waals surface area contributed by atoms with Gasteiger partial charge in [-0.15, -0.1) is 11.3 Å². The SMILES string of the molecule is CCN(CC(=O)NCCc1cccs1)C1CNC1. The number of hydrogen-bond acceptors (Lipinski definition) is 4. The number of hydrogen-bond donors (Lipinski definition) is 2. The summed E-state index contributed by atoms with van der Waals surface area (Å²) in [5, 5.41) is 8.30. The van der Waals surface area contributed by atoms with E-state index in [-0.39, 0.29) is 5.91 Å². The third-order valence-electron chi connectivity index (χ3n) is 3.30. The average Bonchev–Trinajstić information content (AvgIpc) is 2.78. The normalized spacial score (nSPS) is 15.7. The Morgan fingerprint density at radius 1 is 1.61 bits per heavy atom. The maximum absolute atomic E-state index is 11.8. The number of carbonyl (C=O) groups excluding carboxylic acids is 1. The zero-order chi connectivity index (χ0) is 12.8. The molecule has 0 radical (unpaired) electrons. The minimum absolute atomic E-state index is 0.139. The molecule has 0 spiro atoms. The molecule has 1 aromatic heterocycles. The second-order valence-electron chi connectivity index (χ2n) is 4.55. The molecule has 0 unspecified atom stereocenters. The van der Waals surface area contributed by atoms with E-state index in [0.29, 0.717) is 12.6 Å². The summed E-state index contributed by atoms with van der Waals surface area (Å²) in [6.45, 7) is 6.32. The van der Waals surface area contributed by atoms with Crippen LogP contribution in [-0.4, -0.2) is 49.6 Å². The minimum Gasteiger partial charge on any atom is -0.355 e. The van der Waals surface area contributed by atoms with Crippen molar-refractivity contribution in [2.75, 3.05) is 32.7 Å². The highest BCUT2D eigenvalue weighted by Crippen LogP contribution is 2.08. The molecule has 2 heterocycles. The molecule has 1 aliphatic rings. The van der Waals surface area contributed by atoms with E-state index >= 15 is 0 Å². The van der Waals surface area contributed by atoms with Gasteiger partial charge in [-0.1, -0.05) is 13.0 Å². The number of carbonyl (C=O) groups is 1. The number of thiophene rings is 1. The van der Waals surface area contributed by atoms with Crippen LogP contribution in [0.2, 0.25) is 0 Å². The summed E-state index contributed by atoms with van der Waals surface area (Å²) < 4.78 is 0. The molecule has 0 saturated carbocycles. The molecule has 100 valence electrons. The van der Waals surface area contributed by atoms with Gasteiger partial charge in [-0.25, -0.2) is 0 Å². The molecule has 1 aromatic rings. The Balaban J connectivity index is 1.64. The Hall–Kier alpha value is -0.910. The van der Waals surface area contributed by atoms with Gasteiger partial charge < -0.3 is 10.6 Å². The first-order valence-electron chi connectivity index (χ1n) is 6.53. The largest absolute Gasteiger partial charge is 0.355 e. The maximum atomic E-state index is 11.8. The van der Waals surface area contributed by atoms with Crippen LogP contribution in [0, 0.1) is 0 Å². The van der Waals surface area contributed by atoms with Crippen LogP contribution < -0.4 is 10.6 Å². The zero-order valence-corrected chi connectivity index (χ0v) is 11.6. The number of amides is 1. The molecule has 4 nitrogen and oxygen atoms in total. The molecule has 1 fully saturated rings. The standard InChI is InChI=1S/C13H21N3OS/c1-2-16(11-8-14-9-11)10-13(17)15-6-5-12-4-3-7-18-12/h3-4,7,11,14H,2,5-6,8-10H2,1H3,(H,15,17). The summed E-state index contributed by atoms with van der Waals surface area (Å²) in [5.74, 6) is 0.139. The van der Waals surface area contributed by atoms with Gasteiger partial charge in [-0.2, -0.15) is 0 Å². The van der Waals surface area contributed by atoms with E-state index in [1.54, 1.807) is 11.3 Å². The van der Waals surface area contributed by atoms with Gasteiger partial charge in [-0.3, -0.25) is 9.69 Å². The maximum Gasteiger partial charge on any atom is 0.234 e. The monoisotopic (exact) mass is 267 g/mol. The van der Waals surface area contributed by atoms with Gasteiger partial charge in [0, 0.05) is 30.6 Å². The highest BCUT2D eigenvalue weighted by molar-refractivity contribution is 7.09. The van der Waals surface area contributed by atoms with Crippen LogP contribution in [0.1, 0.15) is 11.8 Å². The average molecular weight is 267 g/mol. The lowest BCUT2D eigenvalue weighted by atomic mass is 10.1. The van der Waals surface area contributed by atoms with Gasteiger partial charge in [0.1, 0.15) is 0 Å². The van der Waals surface area contributed by atoms with Gasteiger partial charge in [-0.05, 0) is 24.4 Å². The summed E-state index contributed by atoms with van der Waals surface area (Å²) in [6, 6.07) is 4.69. The summed E-state index contributed by atoms with van der Waals surface area (Å²) in [7, 11) is 0. The number of nitrogens with one attached hydrogen (secondary N) is 2. The smallest absolute Gasteiger partial charge is 0.234 e. The fourth-order valence-electron chi connectivity index (χ4n) is 2.05. The first-order valence-corrected chi connectivity index (χ1v) is 7.41. The van der Waals surface area contributed by atoms with Crippen LogP contribution in [0.3, 0.4) is 0 Å². The highest BCUT2D eigenvalue weighted by atomic mass is 32.1. The third kappa shape index (κ3) is 3.80. The molecule has 0 atom stereocenters. The Morgan fingerprint density at radius 2 is 2.44 bits per heavy atom. The van der Waals surface area contributed by atoms with Crippen molar-refractivity contribution in [3.8, 4) is 0 Å². The van der Waals surface area contributed by atoms with Crippen molar-refractivity contribution < 1.29 is 4.79 Å². The van der Waals surface area contributed by atoms with Crippen molar-refractivity contribution >= 4 is 17.2 Å². The van der Waals surface area contributed by atoms with Crippen LogP contribution in [0.4, 0.5) is 0 Å². The summed E-state index contributed by atoms with van der Waals surface area (Å²) in [5.41, 5.74) is 0. The molecule has 1 saturated heterocycles. The Kier molecular flexibility index (Phi) is 5.16. The van der Waals surface area contributed by atoms with Crippen molar-refractivity contribution in [1.82, 2.24) is 15.5 Å². The quantitative estimate of drug-likeness (QED) is 0.764. The van der Waals surface area contributed by atoms with E-state index in [4.69, 9.17) is 0 Å². The van der Waals surface area contributed by atoms with Crippen molar-refractivity contribution in [1.29, 1.82) is 0 Å². The van der Waals surface area contributed by atoms with Crippen molar-refractivity contribution in [3.63, 3.8) is 0 Å². The molecule has 5 heteroatoms. The van der Waals surface area contributed by atoms with Gasteiger partial charge >= 0.3 is 0 Å². The molecule has 2 N–H and O–H groups in total. The molecule has 1 amide bonds. The summed E-state index contributed by atoms with van der Waals surface area (Å²) in [4.78, 5) is 15.4. The molecular formula is C13H21N3OS. The fourth-order valence-corrected chi connectivity index (χ4v) is 2.76. The van der Waals surface area contributed by atoms with E-state index < -0.39 is 0 Å².